The summed E-state index contributed by atoms with van der Waals surface area (Å²) in [6.45, 7) is 5.12. The molecule has 2 fully saturated rings. The monoisotopic (exact) mass is 413 g/mol. The summed E-state index contributed by atoms with van der Waals surface area (Å²) in [6, 6.07) is 9.95. The molecule has 1 aliphatic carbocycles. The van der Waals surface area contributed by atoms with Gasteiger partial charge in [0.05, 0.1) is 15.7 Å². The lowest BCUT2D eigenvalue weighted by molar-refractivity contribution is 0.102. The summed E-state index contributed by atoms with van der Waals surface area (Å²) in [5.74, 6) is 0.422. The third-order valence-electron chi connectivity index (χ3n) is 6.15. The molecule has 1 amide bonds. The average molecular weight is 414 g/mol. The lowest BCUT2D eigenvalue weighted by Gasteiger charge is -2.33. The number of amides is 1. The van der Waals surface area contributed by atoms with E-state index in [4.69, 9.17) is 0 Å². The van der Waals surface area contributed by atoms with Crippen LogP contribution in [0.3, 0.4) is 0 Å². The van der Waals surface area contributed by atoms with Crippen LogP contribution in [0.4, 0.5) is 11.5 Å². The van der Waals surface area contributed by atoms with Crippen molar-refractivity contribution in [3.8, 4) is 0 Å². The Balaban J connectivity index is 1.54. The summed E-state index contributed by atoms with van der Waals surface area (Å²) in [5, 5.41) is 2.33. The Morgan fingerprint density at radius 1 is 1.10 bits per heavy atom. The van der Waals surface area contributed by atoms with Gasteiger partial charge in [-0.2, -0.15) is 0 Å². The minimum absolute atomic E-state index is 0.211. The number of aromatic nitrogens is 1. The molecule has 2 aromatic rings. The van der Waals surface area contributed by atoms with Crippen LogP contribution >= 0.6 is 0 Å². The molecule has 29 heavy (non-hydrogen) atoms. The number of anilines is 2. The first-order valence-electron chi connectivity index (χ1n) is 10.2. The zero-order valence-corrected chi connectivity index (χ0v) is 17.7. The van der Waals surface area contributed by atoms with Crippen LogP contribution in [0.2, 0.25) is 0 Å². The van der Waals surface area contributed by atoms with Gasteiger partial charge in [-0.3, -0.25) is 4.79 Å². The number of hydrogen-bond donors (Lipinski definition) is 1. The van der Waals surface area contributed by atoms with Crippen molar-refractivity contribution in [1.82, 2.24) is 4.98 Å². The Bertz CT molecular complexity index is 1020. The standard InChI is InChI=1S/C22H27N3O3S/c1-16(2)29(27,28)18-6-3-5-17(15-18)24-21(26)19-7-4-12-23-20(19)25-13-10-22(8-9-22)11-14-25/h3-7,12,15-16H,8-11,13-14H2,1-2H3,(H,24,26). The van der Waals surface area contributed by atoms with Gasteiger partial charge in [0, 0.05) is 25.0 Å². The van der Waals surface area contributed by atoms with Crippen LogP contribution in [0, 0.1) is 5.41 Å². The molecule has 1 saturated heterocycles. The molecule has 2 heterocycles. The summed E-state index contributed by atoms with van der Waals surface area (Å²) in [5.41, 5.74) is 1.52. The van der Waals surface area contributed by atoms with Gasteiger partial charge in [-0.05, 0) is 75.3 Å². The summed E-state index contributed by atoms with van der Waals surface area (Å²) < 4.78 is 24.9. The Morgan fingerprint density at radius 3 is 2.48 bits per heavy atom. The molecule has 1 aliphatic heterocycles. The molecule has 4 rings (SSSR count). The number of carbonyl (C=O) groups excluding carboxylic acids is 1. The second-order valence-corrected chi connectivity index (χ2v) is 10.9. The van der Waals surface area contributed by atoms with E-state index in [-0.39, 0.29) is 10.8 Å². The van der Waals surface area contributed by atoms with Crippen molar-refractivity contribution in [1.29, 1.82) is 0 Å². The van der Waals surface area contributed by atoms with E-state index in [1.54, 1.807) is 50.4 Å². The predicted molar refractivity (Wildman–Crippen MR) is 114 cm³/mol. The minimum Gasteiger partial charge on any atom is -0.356 e. The number of benzene rings is 1. The van der Waals surface area contributed by atoms with Crippen LogP contribution in [-0.4, -0.2) is 37.6 Å². The molecular weight excluding hydrogens is 386 g/mol. The lowest BCUT2D eigenvalue weighted by atomic mass is 9.93. The van der Waals surface area contributed by atoms with Crippen molar-refractivity contribution >= 4 is 27.2 Å². The second kappa shape index (κ2) is 7.44. The topological polar surface area (TPSA) is 79.4 Å². The van der Waals surface area contributed by atoms with Gasteiger partial charge in [0.15, 0.2) is 9.84 Å². The first-order valence-corrected chi connectivity index (χ1v) is 11.7. The number of nitrogens with zero attached hydrogens (tertiary/aromatic N) is 2. The van der Waals surface area contributed by atoms with E-state index in [1.165, 1.54) is 18.9 Å². The number of hydrogen-bond acceptors (Lipinski definition) is 5. The van der Waals surface area contributed by atoms with Crippen molar-refractivity contribution < 1.29 is 13.2 Å². The Kier molecular flexibility index (Phi) is 5.11. The molecule has 1 aromatic heterocycles. The zero-order chi connectivity index (χ0) is 20.6. The van der Waals surface area contributed by atoms with Gasteiger partial charge in [-0.15, -0.1) is 0 Å². The van der Waals surface area contributed by atoms with E-state index in [9.17, 15) is 13.2 Å². The van der Waals surface area contributed by atoms with E-state index in [0.717, 1.165) is 25.9 Å². The number of sulfone groups is 1. The fourth-order valence-electron chi connectivity index (χ4n) is 3.92. The first-order chi connectivity index (χ1) is 13.8. The predicted octanol–water partition coefficient (Wildman–Crippen LogP) is 3.90. The van der Waals surface area contributed by atoms with Crippen LogP contribution in [-0.2, 0) is 9.84 Å². The fourth-order valence-corrected chi connectivity index (χ4v) is 5.02. The fraction of sp³-hybridized carbons (Fsp3) is 0.455. The van der Waals surface area contributed by atoms with Crippen LogP contribution < -0.4 is 10.2 Å². The van der Waals surface area contributed by atoms with E-state index < -0.39 is 15.1 Å². The van der Waals surface area contributed by atoms with Gasteiger partial charge in [0.25, 0.3) is 5.91 Å². The lowest BCUT2D eigenvalue weighted by Crippen LogP contribution is -2.36. The van der Waals surface area contributed by atoms with Crippen molar-refractivity contribution in [2.24, 2.45) is 5.41 Å². The Morgan fingerprint density at radius 2 is 1.83 bits per heavy atom. The average Bonchev–Trinajstić information content (AvgIpc) is 3.47. The molecule has 2 aliphatic rings. The normalized spacial score (nSPS) is 18.1. The van der Waals surface area contributed by atoms with Crippen LogP contribution in [0.15, 0.2) is 47.5 Å². The molecule has 154 valence electrons. The second-order valence-electron chi connectivity index (χ2n) is 8.44. The van der Waals surface area contributed by atoms with Crippen LogP contribution in [0.25, 0.3) is 0 Å². The van der Waals surface area contributed by atoms with E-state index in [0.29, 0.717) is 22.5 Å². The minimum atomic E-state index is -3.40. The number of carbonyl (C=O) groups is 1. The summed E-state index contributed by atoms with van der Waals surface area (Å²) >= 11 is 0. The Hall–Kier alpha value is -2.41. The molecule has 1 spiro atoms. The smallest absolute Gasteiger partial charge is 0.259 e. The molecule has 1 saturated carbocycles. The number of pyridine rings is 1. The molecule has 0 radical (unpaired) electrons. The van der Waals surface area contributed by atoms with Crippen LogP contribution in [0.5, 0.6) is 0 Å². The molecule has 1 aromatic carbocycles. The summed E-state index contributed by atoms with van der Waals surface area (Å²) in [6.07, 6.45) is 6.67. The largest absolute Gasteiger partial charge is 0.356 e. The number of rotatable bonds is 5. The Labute approximate surface area is 172 Å². The molecule has 6 nitrogen and oxygen atoms in total. The van der Waals surface area contributed by atoms with Gasteiger partial charge in [0.1, 0.15) is 5.82 Å². The van der Waals surface area contributed by atoms with Crippen LogP contribution in [0.1, 0.15) is 49.9 Å². The maximum atomic E-state index is 13.0. The van der Waals surface area contributed by atoms with Crippen molar-refractivity contribution in [3.63, 3.8) is 0 Å². The van der Waals surface area contributed by atoms with Gasteiger partial charge >= 0.3 is 0 Å². The zero-order valence-electron chi connectivity index (χ0n) is 16.9. The molecule has 7 heteroatoms. The highest BCUT2D eigenvalue weighted by molar-refractivity contribution is 7.92. The van der Waals surface area contributed by atoms with Crippen molar-refractivity contribution in [2.45, 2.75) is 49.7 Å². The van der Waals surface area contributed by atoms with E-state index >= 15 is 0 Å². The van der Waals surface area contributed by atoms with Gasteiger partial charge in [0.2, 0.25) is 0 Å². The van der Waals surface area contributed by atoms with E-state index in [1.807, 2.05) is 0 Å². The SMILES string of the molecule is CC(C)S(=O)(=O)c1cccc(NC(=O)c2cccnc2N2CCC3(CC2)CC3)c1. The highest BCUT2D eigenvalue weighted by Gasteiger charge is 2.44. The van der Waals surface area contributed by atoms with Gasteiger partial charge in [-0.25, -0.2) is 13.4 Å². The highest BCUT2D eigenvalue weighted by Crippen LogP contribution is 2.53. The highest BCUT2D eigenvalue weighted by atomic mass is 32.2. The third-order valence-corrected chi connectivity index (χ3v) is 8.31. The molecule has 0 atom stereocenters. The summed E-state index contributed by atoms with van der Waals surface area (Å²) in [7, 11) is -3.40. The molecule has 0 unspecified atom stereocenters. The van der Waals surface area contributed by atoms with Gasteiger partial charge < -0.3 is 10.2 Å². The number of nitrogens with one attached hydrogen (secondary N) is 1. The number of piperidine rings is 1. The summed E-state index contributed by atoms with van der Waals surface area (Å²) in [4.78, 5) is 19.9. The first kappa shape index (κ1) is 19.9. The van der Waals surface area contributed by atoms with Crippen molar-refractivity contribution in [3.05, 3.63) is 48.2 Å². The maximum absolute atomic E-state index is 13.0. The third kappa shape index (κ3) is 4.01. The quantitative estimate of drug-likeness (QED) is 0.804. The molecular formula is C22H27N3O3S. The van der Waals surface area contributed by atoms with Crippen molar-refractivity contribution in [2.75, 3.05) is 23.3 Å². The maximum Gasteiger partial charge on any atom is 0.259 e. The van der Waals surface area contributed by atoms with E-state index in [2.05, 4.69) is 15.2 Å². The molecule has 0 bridgehead atoms. The van der Waals surface area contributed by atoms with Gasteiger partial charge in [-0.1, -0.05) is 6.07 Å². The molecule has 1 N–H and O–H groups in total.